The SMILES string of the molecule is CCC1(C(=[N+]=[N-])Nc2ccc(N)cc2)C=CC=CC1. The first-order valence-corrected chi connectivity index (χ1v) is 6.39. The maximum Gasteiger partial charge on any atom is 0.342 e. The van der Waals surface area contributed by atoms with Gasteiger partial charge in [0.05, 0.1) is 0 Å². The van der Waals surface area contributed by atoms with Gasteiger partial charge in [-0.3, -0.25) is 0 Å². The summed E-state index contributed by atoms with van der Waals surface area (Å²) in [7, 11) is 0. The van der Waals surface area contributed by atoms with Crippen LogP contribution >= 0.6 is 0 Å². The summed E-state index contributed by atoms with van der Waals surface area (Å²) in [4.78, 5) is 3.46. The van der Waals surface area contributed by atoms with Gasteiger partial charge in [-0.2, -0.15) is 0 Å². The lowest BCUT2D eigenvalue weighted by atomic mass is 9.78. The van der Waals surface area contributed by atoms with E-state index in [1.807, 2.05) is 36.4 Å². The third-order valence-corrected chi connectivity index (χ3v) is 3.52. The molecule has 4 nitrogen and oxygen atoms in total. The van der Waals surface area contributed by atoms with Crippen LogP contribution in [0.15, 0.2) is 48.6 Å². The van der Waals surface area contributed by atoms with Gasteiger partial charge >= 0.3 is 5.84 Å². The van der Waals surface area contributed by atoms with Gasteiger partial charge in [0, 0.05) is 5.69 Å². The van der Waals surface area contributed by atoms with Crippen molar-refractivity contribution in [2.24, 2.45) is 5.41 Å². The number of allylic oxidation sites excluding steroid dienone is 3. The summed E-state index contributed by atoms with van der Waals surface area (Å²) < 4.78 is 0. The summed E-state index contributed by atoms with van der Waals surface area (Å²) in [6.07, 6.45) is 9.83. The predicted molar refractivity (Wildman–Crippen MR) is 78.7 cm³/mol. The second-order valence-electron chi connectivity index (χ2n) is 4.70. The van der Waals surface area contributed by atoms with E-state index in [0.717, 1.165) is 18.5 Å². The smallest absolute Gasteiger partial charge is 0.342 e. The molecule has 1 unspecified atom stereocenters. The molecule has 0 saturated heterocycles. The van der Waals surface area contributed by atoms with Crippen molar-refractivity contribution >= 4 is 17.2 Å². The Morgan fingerprint density at radius 3 is 2.63 bits per heavy atom. The van der Waals surface area contributed by atoms with E-state index in [9.17, 15) is 5.53 Å². The summed E-state index contributed by atoms with van der Waals surface area (Å²) in [5.41, 5.74) is 16.3. The molecular formula is C15H18N4. The maximum atomic E-state index is 9.33. The highest BCUT2D eigenvalue weighted by Gasteiger charge is 2.38. The van der Waals surface area contributed by atoms with Crippen molar-refractivity contribution in [1.82, 2.24) is 0 Å². The van der Waals surface area contributed by atoms with Gasteiger partial charge in [0.1, 0.15) is 11.1 Å². The molecule has 98 valence electrons. The molecule has 0 fully saturated rings. The normalized spacial score (nSPS) is 20.9. The summed E-state index contributed by atoms with van der Waals surface area (Å²) in [6, 6.07) is 7.36. The number of hydrogen-bond acceptors (Lipinski definition) is 1. The van der Waals surface area contributed by atoms with Gasteiger partial charge in [0.25, 0.3) is 0 Å². The maximum absolute atomic E-state index is 9.33. The van der Waals surface area contributed by atoms with Crippen LogP contribution in [0.5, 0.6) is 0 Å². The number of hydrogen-bond donors (Lipinski definition) is 2. The van der Waals surface area contributed by atoms with Crippen LogP contribution in [0.25, 0.3) is 5.53 Å². The molecular weight excluding hydrogens is 236 g/mol. The molecule has 0 radical (unpaired) electrons. The number of nitrogen functional groups attached to an aromatic ring is 1. The molecule has 0 saturated carbocycles. The van der Waals surface area contributed by atoms with Crippen LogP contribution in [-0.4, -0.2) is 10.6 Å². The summed E-state index contributed by atoms with van der Waals surface area (Å²) in [6.45, 7) is 2.08. The topological polar surface area (TPSA) is 74.5 Å². The minimum absolute atomic E-state index is 0.273. The first-order valence-electron chi connectivity index (χ1n) is 6.39. The van der Waals surface area contributed by atoms with E-state index in [0.29, 0.717) is 11.5 Å². The third kappa shape index (κ3) is 2.75. The van der Waals surface area contributed by atoms with E-state index in [1.165, 1.54) is 0 Å². The van der Waals surface area contributed by atoms with E-state index in [2.05, 4.69) is 29.2 Å². The number of nitrogens with two attached hydrogens (primary N) is 1. The summed E-state index contributed by atoms with van der Waals surface area (Å²) in [5.74, 6) is 0.556. The molecule has 0 bridgehead atoms. The highest BCUT2D eigenvalue weighted by molar-refractivity contribution is 5.97. The van der Waals surface area contributed by atoms with Crippen LogP contribution in [-0.2, 0) is 0 Å². The first kappa shape index (κ1) is 13.1. The van der Waals surface area contributed by atoms with Crippen LogP contribution < -0.4 is 11.1 Å². The van der Waals surface area contributed by atoms with Crippen molar-refractivity contribution in [3.8, 4) is 0 Å². The summed E-state index contributed by atoms with van der Waals surface area (Å²) >= 11 is 0. The third-order valence-electron chi connectivity index (χ3n) is 3.52. The zero-order valence-corrected chi connectivity index (χ0v) is 11.0. The van der Waals surface area contributed by atoms with Crippen LogP contribution in [0.2, 0.25) is 0 Å². The second kappa shape index (κ2) is 5.55. The fraction of sp³-hybridized carbons (Fsp3) is 0.267. The molecule has 0 spiro atoms. The zero-order valence-electron chi connectivity index (χ0n) is 11.0. The number of rotatable bonds is 3. The van der Waals surface area contributed by atoms with E-state index < -0.39 is 0 Å². The molecule has 19 heavy (non-hydrogen) atoms. The predicted octanol–water partition coefficient (Wildman–Crippen LogP) is 3.22. The van der Waals surface area contributed by atoms with Crippen molar-refractivity contribution < 1.29 is 4.79 Å². The van der Waals surface area contributed by atoms with Crippen LogP contribution in [0.3, 0.4) is 0 Å². The van der Waals surface area contributed by atoms with Crippen molar-refractivity contribution in [3.63, 3.8) is 0 Å². The summed E-state index contributed by atoms with van der Waals surface area (Å²) in [5, 5.41) is 3.18. The molecule has 1 atom stereocenters. The lowest BCUT2D eigenvalue weighted by molar-refractivity contribution is -0.0174. The largest absolute Gasteiger partial charge is 0.497 e. The molecule has 3 N–H and O–H groups in total. The lowest BCUT2D eigenvalue weighted by Gasteiger charge is -2.25. The minimum Gasteiger partial charge on any atom is -0.497 e. The van der Waals surface area contributed by atoms with Crippen LogP contribution in [0.1, 0.15) is 19.8 Å². The van der Waals surface area contributed by atoms with Gasteiger partial charge in [-0.1, -0.05) is 31.2 Å². The molecule has 2 rings (SSSR count). The minimum atomic E-state index is -0.273. The number of benzene rings is 1. The van der Waals surface area contributed by atoms with Gasteiger partial charge in [0.15, 0.2) is 0 Å². The molecule has 1 aliphatic rings. The van der Waals surface area contributed by atoms with Crippen molar-refractivity contribution in [1.29, 1.82) is 0 Å². The fourth-order valence-corrected chi connectivity index (χ4v) is 2.22. The second-order valence-corrected chi connectivity index (χ2v) is 4.70. The number of nitrogens with zero attached hydrogens (tertiary/aromatic N) is 2. The Hall–Kier alpha value is -2.32. The first-order chi connectivity index (χ1) is 9.20. The lowest BCUT2D eigenvalue weighted by Crippen LogP contribution is -2.35. The molecule has 0 aromatic heterocycles. The monoisotopic (exact) mass is 254 g/mol. The molecule has 1 aromatic carbocycles. The van der Waals surface area contributed by atoms with Gasteiger partial charge in [-0.25, -0.2) is 5.32 Å². The van der Waals surface area contributed by atoms with Gasteiger partial charge in [-0.05, 0) is 37.1 Å². The Labute approximate surface area is 113 Å². The van der Waals surface area contributed by atoms with Crippen molar-refractivity contribution in [2.45, 2.75) is 19.8 Å². The molecule has 1 aromatic rings. The average Bonchev–Trinajstić information content (AvgIpc) is 2.47. The van der Waals surface area contributed by atoms with E-state index >= 15 is 0 Å². The van der Waals surface area contributed by atoms with E-state index in [1.54, 1.807) is 0 Å². The Balaban J connectivity index is 2.25. The van der Waals surface area contributed by atoms with Gasteiger partial charge in [0.2, 0.25) is 0 Å². The Kier molecular flexibility index (Phi) is 3.83. The van der Waals surface area contributed by atoms with Crippen molar-refractivity contribution in [3.05, 3.63) is 54.1 Å². The average molecular weight is 254 g/mol. The number of anilines is 2. The van der Waals surface area contributed by atoms with Crippen LogP contribution in [0.4, 0.5) is 11.4 Å². The van der Waals surface area contributed by atoms with E-state index in [-0.39, 0.29) is 5.41 Å². The highest BCUT2D eigenvalue weighted by atomic mass is 15.0. The Bertz CT molecular complexity index is 550. The van der Waals surface area contributed by atoms with E-state index in [4.69, 9.17) is 5.73 Å². The number of nitrogens with one attached hydrogen (secondary N) is 1. The Morgan fingerprint density at radius 2 is 2.11 bits per heavy atom. The van der Waals surface area contributed by atoms with Crippen molar-refractivity contribution in [2.75, 3.05) is 11.1 Å². The molecule has 0 heterocycles. The molecule has 4 heteroatoms. The molecule has 0 amide bonds. The quantitative estimate of drug-likeness (QED) is 0.286. The number of amidine groups is 1. The van der Waals surface area contributed by atoms with Gasteiger partial charge < -0.3 is 16.1 Å². The van der Waals surface area contributed by atoms with Crippen LogP contribution in [0, 0.1) is 5.41 Å². The highest BCUT2D eigenvalue weighted by Crippen LogP contribution is 2.33. The Morgan fingerprint density at radius 1 is 1.37 bits per heavy atom. The standard InChI is InChI=1S/C15H18N4/c1-2-15(10-4-3-5-11-15)14(19-17)18-13-8-6-12(16)7-9-13/h3-10,18H,2,11,16H2,1H3. The zero-order chi connectivity index (χ0) is 13.7. The van der Waals surface area contributed by atoms with Gasteiger partial charge in [-0.15, -0.1) is 0 Å². The molecule has 0 aliphatic heterocycles. The molecule has 1 aliphatic carbocycles. The fourth-order valence-electron chi connectivity index (χ4n) is 2.22.